The van der Waals surface area contributed by atoms with E-state index < -0.39 is 5.60 Å². The number of fused-ring (bicyclic) bond motifs is 1. The molecule has 0 aliphatic carbocycles. The lowest BCUT2D eigenvalue weighted by molar-refractivity contribution is -0.00571. The number of ketones is 1. The van der Waals surface area contributed by atoms with E-state index >= 15 is 0 Å². The third-order valence-corrected chi connectivity index (χ3v) is 5.59. The topological polar surface area (TPSA) is 65.1 Å². The molecule has 146 valence electrons. The summed E-state index contributed by atoms with van der Waals surface area (Å²) in [7, 11) is 3.11. The van der Waals surface area contributed by atoms with E-state index in [1.807, 2.05) is 18.2 Å². The Bertz CT molecular complexity index is 915. The van der Waals surface area contributed by atoms with Gasteiger partial charge in [0.15, 0.2) is 17.3 Å². The van der Waals surface area contributed by atoms with Crippen LogP contribution >= 0.6 is 0 Å². The highest BCUT2D eigenvalue weighted by Gasteiger charge is 2.43. The molecular weight excluding hydrogens is 358 g/mol. The van der Waals surface area contributed by atoms with Gasteiger partial charge in [0.25, 0.3) is 5.91 Å². The van der Waals surface area contributed by atoms with Crippen molar-refractivity contribution in [1.82, 2.24) is 4.90 Å². The minimum atomic E-state index is -0.514. The van der Waals surface area contributed by atoms with Crippen LogP contribution in [0.5, 0.6) is 17.2 Å². The summed E-state index contributed by atoms with van der Waals surface area (Å²) in [5, 5.41) is 0. The second kappa shape index (κ2) is 7.19. The zero-order chi connectivity index (χ0) is 19.7. The minimum absolute atomic E-state index is 0.0571. The van der Waals surface area contributed by atoms with Gasteiger partial charge in [0.1, 0.15) is 11.4 Å². The number of piperidine rings is 1. The zero-order valence-electron chi connectivity index (χ0n) is 16.1. The summed E-state index contributed by atoms with van der Waals surface area (Å²) in [6, 6.07) is 12.5. The largest absolute Gasteiger partial charge is 0.493 e. The van der Waals surface area contributed by atoms with Crippen molar-refractivity contribution in [1.29, 1.82) is 0 Å². The smallest absolute Gasteiger partial charge is 0.253 e. The number of nitrogens with zero attached hydrogens (tertiary/aromatic N) is 1. The normalized spacial score (nSPS) is 17.6. The number of likely N-dealkylation sites (tertiary alicyclic amines) is 1. The van der Waals surface area contributed by atoms with Crippen LogP contribution in [0.4, 0.5) is 0 Å². The maximum Gasteiger partial charge on any atom is 0.253 e. The Kier molecular flexibility index (Phi) is 4.71. The van der Waals surface area contributed by atoms with Gasteiger partial charge in [-0.3, -0.25) is 9.59 Å². The maximum absolute atomic E-state index is 12.9. The van der Waals surface area contributed by atoms with Crippen molar-refractivity contribution in [3.05, 3.63) is 53.6 Å². The van der Waals surface area contributed by atoms with Gasteiger partial charge >= 0.3 is 0 Å². The standard InChI is InChI=1S/C22H23NO5/c1-26-19-8-7-15(13-20(19)27-2)21(25)23-11-9-22(10-12-23)14-17(24)16-5-3-4-6-18(16)28-22/h3-8,13H,9-12,14H2,1-2H3. The number of carbonyl (C=O) groups is 2. The van der Waals surface area contributed by atoms with Gasteiger partial charge in [-0.2, -0.15) is 0 Å². The number of methoxy groups -OCH3 is 2. The summed E-state index contributed by atoms with van der Waals surface area (Å²) in [6.45, 7) is 1.09. The number of ether oxygens (including phenoxy) is 3. The number of para-hydroxylation sites is 1. The first-order valence-corrected chi connectivity index (χ1v) is 9.38. The number of amides is 1. The van der Waals surface area contributed by atoms with E-state index in [1.54, 1.807) is 43.4 Å². The molecule has 0 atom stereocenters. The van der Waals surface area contributed by atoms with Crippen LogP contribution < -0.4 is 14.2 Å². The monoisotopic (exact) mass is 381 g/mol. The van der Waals surface area contributed by atoms with E-state index in [0.29, 0.717) is 60.7 Å². The number of Topliss-reactive ketones (excluding diaryl/α,β-unsaturated/α-hetero) is 1. The minimum Gasteiger partial charge on any atom is -0.493 e. The van der Waals surface area contributed by atoms with Crippen LogP contribution in [0.15, 0.2) is 42.5 Å². The molecule has 28 heavy (non-hydrogen) atoms. The molecule has 2 aliphatic heterocycles. The lowest BCUT2D eigenvalue weighted by atomic mass is 9.82. The summed E-state index contributed by atoms with van der Waals surface area (Å²) in [4.78, 5) is 27.3. The Balaban J connectivity index is 1.47. The van der Waals surface area contributed by atoms with Gasteiger partial charge in [0.2, 0.25) is 0 Å². The molecule has 0 radical (unpaired) electrons. The Morgan fingerprint density at radius 2 is 1.75 bits per heavy atom. The van der Waals surface area contributed by atoms with Gasteiger partial charge in [-0.1, -0.05) is 12.1 Å². The van der Waals surface area contributed by atoms with Crippen molar-refractivity contribution >= 4 is 11.7 Å². The number of carbonyl (C=O) groups excluding carboxylic acids is 2. The second-order valence-corrected chi connectivity index (χ2v) is 7.24. The third-order valence-electron chi connectivity index (χ3n) is 5.59. The number of hydrogen-bond donors (Lipinski definition) is 0. The number of hydrogen-bond acceptors (Lipinski definition) is 5. The van der Waals surface area contributed by atoms with E-state index in [-0.39, 0.29) is 11.7 Å². The summed E-state index contributed by atoms with van der Waals surface area (Å²) < 4.78 is 16.8. The van der Waals surface area contributed by atoms with E-state index in [0.717, 1.165) is 0 Å². The highest BCUT2D eigenvalue weighted by molar-refractivity contribution is 6.00. The number of benzene rings is 2. The maximum atomic E-state index is 12.9. The third kappa shape index (κ3) is 3.19. The lowest BCUT2D eigenvalue weighted by Gasteiger charge is -2.44. The van der Waals surface area contributed by atoms with E-state index in [4.69, 9.17) is 14.2 Å². The Morgan fingerprint density at radius 1 is 1.04 bits per heavy atom. The molecule has 2 aromatic carbocycles. The van der Waals surface area contributed by atoms with Crippen LogP contribution in [-0.2, 0) is 0 Å². The van der Waals surface area contributed by atoms with Crippen molar-refractivity contribution in [2.45, 2.75) is 24.9 Å². The van der Waals surface area contributed by atoms with Crippen LogP contribution in [0.3, 0.4) is 0 Å². The Labute approximate surface area is 164 Å². The first-order valence-electron chi connectivity index (χ1n) is 9.38. The van der Waals surface area contributed by atoms with Gasteiger partial charge in [-0.15, -0.1) is 0 Å². The molecule has 1 saturated heterocycles. The average molecular weight is 381 g/mol. The van der Waals surface area contributed by atoms with Gasteiger partial charge in [-0.25, -0.2) is 0 Å². The summed E-state index contributed by atoms with van der Waals surface area (Å²) in [5.41, 5.74) is 0.691. The Morgan fingerprint density at radius 3 is 2.46 bits per heavy atom. The van der Waals surface area contributed by atoms with Crippen molar-refractivity contribution in [3.63, 3.8) is 0 Å². The van der Waals surface area contributed by atoms with E-state index in [9.17, 15) is 9.59 Å². The summed E-state index contributed by atoms with van der Waals surface area (Å²) >= 11 is 0. The van der Waals surface area contributed by atoms with Gasteiger partial charge in [-0.05, 0) is 30.3 Å². The lowest BCUT2D eigenvalue weighted by Crippen LogP contribution is -2.52. The fraction of sp³-hybridized carbons (Fsp3) is 0.364. The van der Waals surface area contributed by atoms with Crippen molar-refractivity contribution in [2.24, 2.45) is 0 Å². The van der Waals surface area contributed by atoms with Crippen LogP contribution in [0.2, 0.25) is 0 Å². The highest BCUT2D eigenvalue weighted by atomic mass is 16.5. The van der Waals surface area contributed by atoms with Crippen LogP contribution in [-0.4, -0.2) is 49.5 Å². The molecule has 0 unspecified atom stereocenters. The van der Waals surface area contributed by atoms with Crippen LogP contribution in [0, 0.1) is 0 Å². The average Bonchev–Trinajstić information content (AvgIpc) is 2.73. The van der Waals surface area contributed by atoms with Crippen molar-refractivity contribution in [3.8, 4) is 17.2 Å². The molecule has 0 saturated carbocycles. The van der Waals surface area contributed by atoms with Gasteiger partial charge in [0, 0.05) is 31.5 Å². The summed E-state index contributed by atoms with van der Waals surface area (Å²) in [5.74, 6) is 1.82. The molecule has 1 spiro atoms. The van der Waals surface area contributed by atoms with Crippen LogP contribution in [0.1, 0.15) is 40.0 Å². The molecule has 2 aliphatic rings. The molecule has 0 aromatic heterocycles. The predicted octanol–water partition coefficient (Wildman–Crippen LogP) is 3.34. The van der Waals surface area contributed by atoms with Crippen LogP contribution in [0.25, 0.3) is 0 Å². The molecular formula is C22H23NO5. The predicted molar refractivity (Wildman–Crippen MR) is 103 cm³/mol. The van der Waals surface area contributed by atoms with E-state index in [2.05, 4.69) is 0 Å². The zero-order valence-corrected chi connectivity index (χ0v) is 16.1. The molecule has 4 rings (SSSR count). The van der Waals surface area contributed by atoms with Crippen molar-refractivity contribution < 1.29 is 23.8 Å². The molecule has 1 amide bonds. The molecule has 0 N–H and O–H groups in total. The van der Waals surface area contributed by atoms with E-state index in [1.165, 1.54) is 0 Å². The molecule has 2 heterocycles. The quantitative estimate of drug-likeness (QED) is 0.816. The molecule has 1 fully saturated rings. The first kappa shape index (κ1) is 18.3. The van der Waals surface area contributed by atoms with Gasteiger partial charge in [0.05, 0.1) is 26.2 Å². The first-order chi connectivity index (χ1) is 13.5. The molecule has 6 nitrogen and oxygen atoms in total. The Hall–Kier alpha value is -3.02. The SMILES string of the molecule is COc1ccc(C(=O)N2CCC3(CC2)CC(=O)c2ccccc2O3)cc1OC. The summed E-state index contributed by atoms with van der Waals surface area (Å²) in [6.07, 6.45) is 1.63. The highest BCUT2D eigenvalue weighted by Crippen LogP contribution is 2.39. The fourth-order valence-corrected chi connectivity index (χ4v) is 3.99. The molecule has 6 heteroatoms. The molecule has 2 aromatic rings. The second-order valence-electron chi connectivity index (χ2n) is 7.24. The molecule has 0 bridgehead atoms. The fourth-order valence-electron chi connectivity index (χ4n) is 3.99. The van der Waals surface area contributed by atoms with Crippen molar-refractivity contribution in [2.75, 3.05) is 27.3 Å². The van der Waals surface area contributed by atoms with Gasteiger partial charge < -0.3 is 19.1 Å². The number of rotatable bonds is 3.